The van der Waals surface area contributed by atoms with Crippen molar-refractivity contribution in [1.82, 2.24) is 4.90 Å². The number of para-hydroxylation sites is 1. The predicted molar refractivity (Wildman–Crippen MR) is 148 cm³/mol. The van der Waals surface area contributed by atoms with E-state index < -0.39 is 11.7 Å². The Bertz CT molecular complexity index is 1330. The van der Waals surface area contributed by atoms with Gasteiger partial charge in [0, 0.05) is 62.9 Å². The van der Waals surface area contributed by atoms with Crippen molar-refractivity contribution in [2.45, 2.75) is 25.6 Å². The molecule has 39 heavy (non-hydrogen) atoms. The van der Waals surface area contributed by atoms with Crippen molar-refractivity contribution in [1.29, 1.82) is 0 Å². The molecule has 0 radical (unpaired) electrons. The predicted octanol–water partition coefficient (Wildman–Crippen LogP) is 5.23. The molecule has 6 rings (SSSR count). The molecule has 0 N–H and O–H groups in total. The van der Waals surface area contributed by atoms with Crippen LogP contribution in [0.4, 0.5) is 30.2 Å². The first-order chi connectivity index (χ1) is 18.8. The third-order valence-corrected chi connectivity index (χ3v) is 8.47. The normalized spacial score (nSPS) is 21.4. The average molecular weight is 535 g/mol. The number of hydrogen-bond acceptors (Lipinski definition) is 4. The number of anilines is 3. The Balaban J connectivity index is 1.20. The Morgan fingerprint density at radius 2 is 1.51 bits per heavy atom. The molecule has 3 aromatic rings. The van der Waals surface area contributed by atoms with Gasteiger partial charge in [0.25, 0.3) is 0 Å². The standard InChI is InChI=1S/C31H33F3N4O/c1-22-9-11-25(12-10-22)37-17-18-38-28-8-3-2-5-23(28)19-27(29(38)21-37)30(39)36-15-13-35(14-16-36)26-7-4-6-24(20-26)31(32,33)34/h2-12,20,27,29H,13-19,21H2,1H3/t27-,29-/m0/s1. The fourth-order valence-corrected chi connectivity index (χ4v) is 6.33. The molecule has 0 spiro atoms. The molecule has 1 amide bonds. The number of nitrogens with zero attached hydrogens (tertiary/aromatic N) is 4. The molecule has 2 fully saturated rings. The number of carbonyl (C=O) groups excluding carboxylic acids is 1. The van der Waals surface area contributed by atoms with E-state index in [9.17, 15) is 18.0 Å². The van der Waals surface area contributed by atoms with Gasteiger partial charge < -0.3 is 19.6 Å². The van der Waals surface area contributed by atoms with Crippen LogP contribution in [0.5, 0.6) is 0 Å². The fourth-order valence-electron chi connectivity index (χ4n) is 6.33. The zero-order valence-electron chi connectivity index (χ0n) is 22.1. The molecule has 2 saturated heterocycles. The van der Waals surface area contributed by atoms with E-state index in [1.54, 1.807) is 6.07 Å². The van der Waals surface area contributed by atoms with Crippen molar-refractivity contribution in [3.8, 4) is 0 Å². The minimum Gasteiger partial charge on any atom is -0.368 e. The molecule has 204 valence electrons. The summed E-state index contributed by atoms with van der Waals surface area (Å²) in [6.45, 7) is 6.64. The van der Waals surface area contributed by atoms with E-state index in [1.807, 2.05) is 15.9 Å². The van der Waals surface area contributed by atoms with Gasteiger partial charge in [0.05, 0.1) is 17.5 Å². The largest absolute Gasteiger partial charge is 0.416 e. The van der Waals surface area contributed by atoms with Crippen LogP contribution in [0.15, 0.2) is 72.8 Å². The SMILES string of the molecule is Cc1ccc(N2CCN3c4ccccc4C[C@H](C(=O)N4CCN(c5cccc(C(F)(F)F)c5)CC4)[C@@H]3C2)cc1. The Kier molecular flexibility index (Phi) is 6.65. The molecular formula is C31H33F3N4O. The molecule has 3 aromatic carbocycles. The van der Waals surface area contributed by atoms with Gasteiger partial charge in [-0.2, -0.15) is 13.2 Å². The van der Waals surface area contributed by atoms with Gasteiger partial charge in [0.15, 0.2) is 0 Å². The summed E-state index contributed by atoms with van der Waals surface area (Å²) in [7, 11) is 0. The molecular weight excluding hydrogens is 501 g/mol. The quantitative estimate of drug-likeness (QED) is 0.461. The van der Waals surface area contributed by atoms with Crippen molar-refractivity contribution in [3.63, 3.8) is 0 Å². The van der Waals surface area contributed by atoms with E-state index in [0.717, 1.165) is 25.7 Å². The van der Waals surface area contributed by atoms with Gasteiger partial charge in [-0.1, -0.05) is 42.0 Å². The maximum Gasteiger partial charge on any atom is 0.416 e. The van der Waals surface area contributed by atoms with E-state index in [4.69, 9.17) is 0 Å². The number of carbonyl (C=O) groups is 1. The van der Waals surface area contributed by atoms with E-state index in [-0.39, 0.29) is 17.9 Å². The average Bonchev–Trinajstić information content (AvgIpc) is 2.96. The molecule has 3 aliphatic heterocycles. The maximum atomic E-state index is 14.0. The Morgan fingerprint density at radius 3 is 2.26 bits per heavy atom. The van der Waals surface area contributed by atoms with Crippen molar-refractivity contribution in [2.75, 3.05) is 60.5 Å². The van der Waals surface area contributed by atoms with E-state index >= 15 is 0 Å². The minimum absolute atomic E-state index is 0.0592. The van der Waals surface area contributed by atoms with Gasteiger partial charge in [-0.3, -0.25) is 4.79 Å². The summed E-state index contributed by atoms with van der Waals surface area (Å²) in [5.41, 5.74) is 4.75. The van der Waals surface area contributed by atoms with Gasteiger partial charge in [-0.15, -0.1) is 0 Å². The number of halogens is 3. The number of rotatable bonds is 3. The van der Waals surface area contributed by atoms with Gasteiger partial charge in [0.1, 0.15) is 0 Å². The summed E-state index contributed by atoms with van der Waals surface area (Å²) >= 11 is 0. The molecule has 3 aliphatic rings. The lowest BCUT2D eigenvalue weighted by Gasteiger charge is -2.50. The number of fused-ring (bicyclic) bond motifs is 3. The smallest absolute Gasteiger partial charge is 0.368 e. The zero-order chi connectivity index (χ0) is 27.1. The van der Waals surface area contributed by atoms with Crippen molar-refractivity contribution >= 4 is 23.0 Å². The summed E-state index contributed by atoms with van der Waals surface area (Å²) in [5, 5.41) is 0. The van der Waals surface area contributed by atoms with Gasteiger partial charge >= 0.3 is 6.18 Å². The summed E-state index contributed by atoms with van der Waals surface area (Å²) in [6, 6.07) is 22.5. The highest BCUT2D eigenvalue weighted by Crippen LogP contribution is 2.38. The van der Waals surface area contributed by atoms with Crippen molar-refractivity contribution in [2.24, 2.45) is 5.92 Å². The van der Waals surface area contributed by atoms with E-state index in [2.05, 4.69) is 59.2 Å². The Hall–Kier alpha value is -3.68. The van der Waals surface area contributed by atoms with Gasteiger partial charge in [-0.25, -0.2) is 0 Å². The highest BCUT2D eigenvalue weighted by Gasteiger charge is 2.43. The van der Waals surface area contributed by atoms with Crippen LogP contribution in [0.25, 0.3) is 0 Å². The van der Waals surface area contributed by atoms with Crippen LogP contribution in [0.2, 0.25) is 0 Å². The maximum absolute atomic E-state index is 14.0. The van der Waals surface area contributed by atoms with Crippen LogP contribution >= 0.6 is 0 Å². The Morgan fingerprint density at radius 1 is 0.795 bits per heavy atom. The molecule has 8 heteroatoms. The molecule has 0 unspecified atom stereocenters. The van der Waals surface area contributed by atoms with E-state index in [0.29, 0.717) is 38.3 Å². The highest BCUT2D eigenvalue weighted by atomic mass is 19.4. The lowest BCUT2D eigenvalue weighted by atomic mass is 9.82. The molecule has 0 aromatic heterocycles. The van der Waals surface area contributed by atoms with E-state index in [1.165, 1.54) is 34.6 Å². The first kappa shape index (κ1) is 25.6. The third-order valence-electron chi connectivity index (χ3n) is 8.47. The second kappa shape index (κ2) is 10.1. The van der Waals surface area contributed by atoms with Crippen LogP contribution in [0.1, 0.15) is 16.7 Å². The monoisotopic (exact) mass is 534 g/mol. The summed E-state index contributed by atoms with van der Waals surface area (Å²) in [5.74, 6) is -0.0257. The molecule has 0 saturated carbocycles. The van der Waals surface area contributed by atoms with Crippen molar-refractivity contribution in [3.05, 3.63) is 89.5 Å². The first-order valence-electron chi connectivity index (χ1n) is 13.6. The zero-order valence-corrected chi connectivity index (χ0v) is 22.1. The van der Waals surface area contributed by atoms with Crippen LogP contribution < -0.4 is 14.7 Å². The third kappa shape index (κ3) is 5.04. The van der Waals surface area contributed by atoms with Crippen LogP contribution in [0, 0.1) is 12.8 Å². The lowest BCUT2D eigenvalue weighted by Crippen LogP contribution is -2.62. The van der Waals surface area contributed by atoms with Crippen LogP contribution in [0.3, 0.4) is 0 Å². The molecule has 5 nitrogen and oxygen atoms in total. The Labute approximate surface area is 227 Å². The topological polar surface area (TPSA) is 30.0 Å². The summed E-state index contributed by atoms with van der Waals surface area (Å²) in [6.07, 6.45) is -3.67. The first-order valence-corrected chi connectivity index (χ1v) is 13.6. The van der Waals surface area contributed by atoms with Gasteiger partial charge in [0.2, 0.25) is 5.91 Å². The second-order valence-electron chi connectivity index (χ2n) is 10.8. The number of amides is 1. The van der Waals surface area contributed by atoms with Crippen LogP contribution in [-0.4, -0.2) is 62.7 Å². The lowest BCUT2D eigenvalue weighted by molar-refractivity contribution is -0.137. The fraction of sp³-hybridized carbons (Fsp3) is 0.387. The number of alkyl halides is 3. The second-order valence-corrected chi connectivity index (χ2v) is 10.8. The number of aryl methyl sites for hydroxylation is 1. The molecule has 2 atom stereocenters. The van der Waals surface area contributed by atoms with Crippen molar-refractivity contribution < 1.29 is 18.0 Å². The molecule has 0 aliphatic carbocycles. The summed E-state index contributed by atoms with van der Waals surface area (Å²) in [4.78, 5) is 22.7. The molecule has 0 bridgehead atoms. The minimum atomic E-state index is -4.37. The highest BCUT2D eigenvalue weighted by molar-refractivity contribution is 5.83. The number of hydrogen-bond donors (Lipinski definition) is 0. The number of benzene rings is 3. The molecule has 3 heterocycles. The van der Waals surface area contributed by atoms with Gasteiger partial charge in [-0.05, 0) is 55.3 Å². The number of piperazine rings is 2. The van der Waals surface area contributed by atoms with Crippen LogP contribution in [-0.2, 0) is 17.4 Å². The summed E-state index contributed by atoms with van der Waals surface area (Å²) < 4.78 is 39.7.